The molecule has 0 atom stereocenters. The Morgan fingerprint density at radius 3 is 2.65 bits per heavy atom. The largest absolute Gasteiger partial charge is 0.370 e. The number of aryl methyl sites for hydroxylation is 1. The van der Waals surface area contributed by atoms with Crippen LogP contribution in [0.25, 0.3) is 0 Å². The number of hydrogen-bond donors (Lipinski definition) is 1. The van der Waals surface area contributed by atoms with Crippen LogP contribution in [-0.4, -0.2) is 42.0 Å². The molecule has 0 saturated carbocycles. The van der Waals surface area contributed by atoms with Gasteiger partial charge in [0.25, 0.3) is 0 Å². The predicted octanol–water partition coefficient (Wildman–Crippen LogP) is 2.71. The molecule has 7 heteroatoms. The summed E-state index contributed by atoms with van der Waals surface area (Å²) in [5, 5.41) is 3.11. The zero-order valence-electron chi connectivity index (χ0n) is 13.2. The quantitative estimate of drug-likeness (QED) is 0.451. The van der Waals surface area contributed by atoms with Gasteiger partial charge < -0.3 is 15.5 Å². The number of rotatable bonds is 3. The molecule has 3 rings (SSSR count). The Bertz CT molecular complexity index is 636. The summed E-state index contributed by atoms with van der Waals surface area (Å²) in [5.74, 6) is 0.641. The molecule has 1 aromatic carbocycles. The van der Waals surface area contributed by atoms with E-state index in [-0.39, 0.29) is 24.0 Å². The third-order valence-electron chi connectivity index (χ3n) is 3.97. The molecule has 0 amide bonds. The minimum absolute atomic E-state index is 0. The Labute approximate surface area is 158 Å². The fourth-order valence-corrected chi connectivity index (χ4v) is 3.25. The van der Waals surface area contributed by atoms with Crippen LogP contribution in [0, 0.1) is 6.92 Å². The highest BCUT2D eigenvalue weighted by Crippen LogP contribution is 2.18. The molecule has 2 aromatic rings. The molecule has 1 aliphatic heterocycles. The van der Waals surface area contributed by atoms with E-state index < -0.39 is 0 Å². The van der Waals surface area contributed by atoms with Gasteiger partial charge >= 0.3 is 0 Å². The van der Waals surface area contributed by atoms with Crippen LogP contribution in [0.1, 0.15) is 11.1 Å². The molecule has 0 radical (unpaired) electrons. The monoisotopic (exact) mass is 443 g/mol. The van der Waals surface area contributed by atoms with Crippen LogP contribution < -0.4 is 10.6 Å². The Kier molecular flexibility index (Phi) is 6.64. The van der Waals surface area contributed by atoms with E-state index in [1.165, 1.54) is 11.1 Å². The molecular formula is C16H22IN5S. The van der Waals surface area contributed by atoms with Gasteiger partial charge in [0.15, 0.2) is 11.1 Å². The van der Waals surface area contributed by atoms with Crippen molar-refractivity contribution in [2.45, 2.75) is 13.5 Å². The molecule has 1 fully saturated rings. The third-order valence-corrected chi connectivity index (χ3v) is 4.80. The van der Waals surface area contributed by atoms with Crippen LogP contribution in [-0.2, 0) is 6.54 Å². The van der Waals surface area contributed by atoms with Crippen LogP contribution in [0.15, 0.2) is 40.8 Å². The van der Waals surface area contributed by atoms with E-state index in [2.05, 4.69) is 38.8 Å². The van der Waals surface area contributed by atoms with Crippen molar-refractivity contribution >= 4 is 46.4 Å². The Balaban J connectivity index is 0.00000192. The SMILES string of the molecule is Cc1ccccc1CN=C(N)N1CCN(c2nccs2)CC1.I. The molecule has 1 aliphatic rings. The topological polar surface area (TPSA) is 57.8 Å². The summed E-state index contributed by atoms with van der Waals surface area (Å²) in [6.45, 7) is 6.41. The number of thiazole rings is 1. The fraction of sp³-hybridized carbons (Fsp3) is 0.375. The first-order valence-electron chi connectivity index (χ1n) is 7.48. The first kappa shape index (κ1) is 18.0. The first-order chi connectivity index (χ1) is 10.7. The number of benzene rings is 1. The van der Waals surface area contributed by atoms with Gasteiger partial charge in [0.2, 0.25) is 0 Å². The molecule has 124 valence electrons. The zero-order chi connectivity index (χ0) is 15.4. The number of halogens is 1. The second-order valence-electron chi connectivity index (χ2n) is 5.39. The first-order valence-corrected chi connectivity index (χ1v) is 8.36. The molecule has 5 nitrogen and oxygen atoms in total. The fourth-order valence-electron chi connectivity index (χ4n) is 2.55. The maximum atomic E-state index is 6.15. The number of anilines is 1. The number of aliphatic imine (C=N–C) groups is 1. The van der Waals surface area contributed by atoms with Crippen molar-refractivity contribution in [1.82, 2.24) is 9.88 Å². The van der Waals surface area contributed by atoms with Crippen LogP contribution in [0.4, 0.5) is 5.13 Å². The van der Waals surface area contributed by atoms with Crippen LogP contribution >= 0.6 is 35.3 Å². The minimum Gasteiger partial charge on any atom is -0.370 e. The van der Waals surface area contributed by atoms with Crippen molar-refractivity contribution in [2.75, 3.05) is 31.1 Å². The maximum Gasteiger partial charge on any atom is 0.191 e. The van der Waals surface area contributed by atoms with E-state index >= 15 is 0 Å². The lowest BCUT2D eigenvalue weighted by atomic mass is 10.1. The van der Waals surface area contributed by atoms with Crippen LogP contribution in [0.2, 0.25) is 0 Å². The molecule has 0 aliphatic carbocycles. The molecule has 2 N–H and O–H groups in total. The van der Waals surface area contributed by atoms with Crippen molar-refractivity contribution < 1.29 is 0 Å². The van der Waals surface area contributed by atoms with Crippen molar-refractivity contribution in [2.24, 2.45) is 10.7 Å². The minimum atomic E-state index is 0. The lowest BCUT2D eigenvalue weighted by molar-refractivity contribution is 0.380. The van der Waals surface area contributed by atoms with Crippen LogP contribution in [0.5, 0.6) is 0 Å². The zero-order valence-corrected chi connectivity index (χ0v) is 16.3. The number of hydrogen-bond acceptors (Lipinski definition) is 4. The maximum absolute atomic E-state index is 6.15. The van der Waals surface area contributed by atoms with E-state index in [1.54, 1.807) is 11.3 Å². The van der Waals surface area contributed by atoms with Gasteiger partial charge in [0.05, 0.1) is 6.54 Å². The average Bonchev–Trinajstić information content (AvgIpc) is 3.08. The smallest absolute Gasteiger partial charge is 0.191 e. The van der Waals surface area contributed by atoms with E-state index in [0.717, 1.165) is 31.3 Å². The van der Waals surface area contributed by atoms with E-state index in [9.17, 15) is 0 Å². The molecule has 2 heterocycles. The number of aromatic nitrogens is 1. The van der Waals surface area contributed by atoms with Crippen LogP contribution in [0.3, 0.4) is 0 Å². The summed E-state index contributed by atoms with van der Waals surface area (Å²) in [5.41, 5.74) is 8.64. The number of nitrogens with zero attached hydrogens (tertiary/aromatic N) is 4. The Morgan fingerprint density at radius 1 is 1.26 bits per heavy atom. The molecule has 23 heavy (non-hydrogen) atoms. The van der Waals surface area contributed by atoms with Crippen molar-refractivity contribution in [1.29, 1.82) is 0 Å². The number of guanidine groups is 1. The normalized spacial score (nSPS) is 15.4. The van der Waals surface area contributed by atoms with Gasteiger partial charge in [-0.05, 0) is 18.1 Å². The Morgan fingerprint density at radius 2 is 2.00 bits per heavy atom. The van der Waals surface area contributed by atoms with Gasteiger partial charge in [0, 0.05) is 37.8 Å². The molecule has 1 saturated heterocycles. The van der Waals surface area contributed by atoms with Crippen molar-refractivity contribution in [3.63, 3.8) is 0 Å². The molecule has 0 unspecified atom stereocenters. The number of piperazine rings is 1. The second-order valence-corrected chi connectivity index (χ2v) is 6.26. The summed E-state index contributed by atoms with van der Waals surface area (Å²) < 4.78 is 0. The van der Waals surface area contributed by atoms with E-state index in [1.807, 2.05) is 23.7 Å². The molecule has 0 spiro atoms. The van der Waals surface area contributed by atoms with Gasteiger partial charge in [-0.3, -0.25) is 0 Å². The third kappa shape index (κ3) is 4.57. The summed E-state index contributed by atoms with van der Waals surface area (Å²) >= 11 is 1.68. The van der Waals surface area contributed by atoms with Crippen molar-refractivity contribution in [3.05, 3.63) is 47.0 Å². The van der Waals surface area contributed by atoms with Crippen molar-refractivity contribution in [3.8, 4) is 0 Å². The average molecular weight is 443 g/mol. The van der Waals surface area contributed by atoms with E-state index in [4.69, 9.17) is 5.73 Å². The molecular weight excluding hydrogens is 421 g/mol. The second kappa shape index (κ2) is 8.49. The van der Waals surface area contributed by atoms with Gasteiger partial charge in [-0.15, -0.1) is 35.3 Å². The standard InChI is InChI=1S/C16H21N5S.HI/c1-13-4-2-3-5-14(13)12-19-15(17)20-7-9-21(10-8-20)16-18-6-11-22-16;/h2-6,11H,7-10,12H2,1H3,(H2,17,19);1H. The summed E-state index contributed by atoms with van der Waals surface area (Å²) in [7, 11) is 0. The summed E-state index contributed by atoms with van der Waals surface area (Å²) in [6, 6.07) is 8.30. The Hall–Kier alpha value is -1.35. The highest BCUT2D eigenvalue weighted by Gasteiger charge is 2.19. The van der Waals surface area contributed by atoms with Gasteiger partial charge in [0.1, 0.15) is 0 Å². The highest BCUT2D eigenvalue weighted by atomic mass is 127. The van der Waals surface area contributed by atoms with Gasteiger partial charge in [-0.25, -0.2) is 9.98 Å². The lowest BCUT2D eigenvalue weighted by Gasteiger charge is -2.35. The summed E-state index contributed by atoms with van der Waals surface area (Å²) in [4.78, 5) is 13.4. The summed E-state index contributed by atoms with van der Waals surface area (Å²) in [6.07, 6.45) is 1.85. The number of nitrogens with two attached hydrogens (primary N) is 1. The predicted molar refractivity (Wildman–Crippen MR) is 108 cm³/mol. The van der Waals surface area contributed by atoms with Gasteiger partial charge in [-0.2, -0.15) is 0 Å². The van der Waals surface area contributed by atoms with Gasteiger partial charge in [-0.1, -0.05) is 24.3 Å². The lowest BCUT2D eigenvalue weighted by Crippen LogP contribution is -2.51. The highest BCUT2D eigenvalue weighted by molar-refractivity contribution is 14.0. The molecule has 1 aromatic heterocycles. The molecule has 0 bridgehead atoms. The van der Waals surface area contributed by atoms with E-state index in [0.29, 0.717) is 12.5 Å².